The summed E-state index contributed by atoms with van der Waals surface area (Å²) in [5, 5.41) is 5.51. The van der Waals surface area contributed by atoms with Crippen LogP contribution in [0.5, 0.6) is 11.5 Å². The fraction of sp³-hybridized carbons (Fsp3) is 0.528. The highest BCUT2D eigenvalue weighted by Gasteiger charge is 2.45. The molecule has 3 rings (SSSR count). The number of nitrogens with one attached hydrogen (secondary N) is 2. The largest absolute Gasteiger partial charge is 0.465 e. The van der Waals surface area contributed by atoms with E-state index in [1.54, 1.807) is 34.6 Å². The van der Waals surface area contributed by atoms with Gasteiger partial charge in [-0.15, -0.1) is 0 Å². The molecule has 280 valence electrons. The van der Waals surface area contributed by atoms with Gasteiger partial charge in [0.05, 0.1) is 25.3 Å². The normalized spacial score (nSPS) is 15.8. The first-order valence-electron chi connectivity index (χ1n) is 16.8. The predicted molar refractivity (Wildman–Crippen MR) is 189 cm³/mol. The Hall–Kier alpha value is -4.58. The van der Waals surface area contributed by atoms with Gasteiger partial charge in [0, 0.05) is 6.54 Å². The van der Waals surface area contributed by atoms with E-state index in [1.165, 1.54) is 67.7 Å². The van der Waals surface area contributed by atoms with Crippen molar-refractivity contribution in [3.05, 3.63) is 59.7 Å². The maximum Gasteiger partial charge on any atom is 0.452 e. The Morgan fingerprint density at radius 3 is 1.84 bits per heavy atom. The molecule has 1 aliphatic heterocycles. The number of esters is 2. The summed E-state index contributed by atoms with van der Waals surface area (Å²) in [6.07, 6.45) is 0.194. The van der Waals surface area contributed by atoms with Crippen molar-refractivity contribution in [1.29, 1.82) is 0 Å². The van der Waals surface area contributed by atoms with Gasteiger partial charge in [0.1, 0.15) is 29.2 Å². The van der Waals surface area contributed by atoms with Crippen LogP contribution in [0.25, 0.3) is 0 Å². The molecule has 1 unspecified atom stereocenters. The summed E-state index contributed by atoms with van der Waals surface area (Å²) in [7, 11) is -2.02. The number of carbonyl (C=O) groups is 5. The molecule has 0 bridgehead atoms. The molecule has 0 saturated carbocycles. The van der Waals surface area contributed by atoms with Crippen molar-refractivity contribution in [2.45, 2.75) is 91.2 Å². The highest BCUT2D eigenvalue weighted by atomic mass is 31.2. The smallest absolute Gasteiger partial charge is 0.452 e. The Bertz CT molecular complexity index is 1560. The average molecular weight is 732 g/mol. The molecule has 14 nitrogen and oxygen atoms in total. The number of amides is 3. The number of benzene rings is 2. The van der Waals surface area contributed by atoms with Gasteiger partial charge in [-0.3, -0.25) is 9.59 Å². The Labute approximate surface area is 299 Å². The van der Waals surface area contributed by atoms with E-state index in [0.29, 0.717) is 12.8 Å². The maximum atomic E-state index is 15.1. The van der Waals surface area contributed by atoms with E-state index in [1.807, 2.05) is 13.8 Å². The topological polar surface area (TPSA) is 176 Å². The van der Waals surface area contributed by atoms with E-state index in [2.05, 4.69) is 10.6 Å². The fourth-order valence-corrected chi connectivity index (χ4v) is 7.51. The SMILES string of the molecule is COC(=O)c1cccc(OP(=O)(Oc2cccc(C(=O)OC)c2)C(CC(C)C)NC(=O)[C@@H]2CCCN2C(=O)[C@@H](NC(=O)OC(C)(C)C)C(C)C)c1. The zero-order valence-corrected chi connectivity index (χ0v) is 31.6. The molecule has 0 aromatic heterocycles. The molecule has 0 radical (unpaired) electrons. The molecule has 0 aliphatic carbocycles. The van der Waals surface area contributed by atoms with Crippen molar-refractivity contribution in [1.82, 2.24) is 15.5 Å². The number of ether oxygens (including phenoxy) is 3. The Balaban J connectivity index is 1.99. The number of nitrogens with zero attached hydrogens (tertiary/aromatic N) is 1. The van der Waals surface area contributed by atoms with Crippen LogP contribution in [0.15, 0.2) is 48.5 Å². The maximum absolute atomic E-state index is 15.1. The molecule has 3 atom stereocenters. The zero-order chi connectivity index (χ0) is 38.1. The van der Waals surface area contributed by atoms with Gasteiger partial charge in [0.2, 0.25) is 11.8 Å². The molecule has 2 N–H and O–H groups in total. The Morgan fingerprint density at radius 1 is 0.863 bits per heavy atom. The van der Waals surface area contributed by atoms with Crippen LogP contribution in [0.3, 0.4) is 0 Å². The van der Waals surface area contributed by atoms with Crippen LogP contribution >= 0.6 is 7.60 Å². The first-order chi connectivity index (χ1) is 23.9. The van der Waals surface area contributed by atoms with Crippen molar-refractivity contribution in [2.75, 3.05) is 20.8 Å². The second-order valence-corrected chi connectivity index (χ2v) is 16.0. The first-order valence-corrected chi connectivity index (χ1v) is 18.4. The highest BCUT2D eigenvalue weighted by Crippen LogP contribution is 2.54. The van der Waals surface area contributed by atoms with Crippen molar-refractivity contribution < 1.29 is 51.8 Å². The molecule has 15 heteroatoms. The number of rotatable bonds is 14. The molecule has 2 aromatic rings. The van der Waals surface area contributed by atoms with E-state index in [9.17, 15) is 24.0 Å². The molecule has 1 fully saturated rings. The van der Waals surface area contributed by atoms with Crippen LogP contribution in [0.2, 0.25) is 0 Å². The molecule has 1 heterocycles. The molecule has 0 spiro atoms. The highest BCUT2D eigenvalue weighted by molar-refractivity contribution is 7.55. The minimum Gasteiger partial charge on any atom is -0.465 e. The van der Waals surface area contributed by atoms with E-state index >= 15 is 4.57 Å². The van der Waals surface area contributed by atoms with E-state index in [0.717, 1.165) is 0 Å². The van der Waals surface area contributed by atoms with Crippen LogP contribution in [-0.2, 0) is 28.4 Å². The summed E-state index contributed by atoms with van der Waals surface area (Å²) in [5.41, 5.74) is -0.535. The molecule has 51 heavy (non-hydrogen) atoms. The minimum absolute atomic E-state index is 0.000904. The molecule has 1 aliphatic rings. The van der Waals surface area contributed by atoms with E-state index in [-0.39, 0.29) is 47.4 Å². The van der Waals surface area contributed by atoms with Gasteiger partial charge in [0.25, 0.3) is 0 Å². The lowest BCUT2D eigenvalue weighted by molar-refractivity contribution is -0.141. The number of hydrogen-bond donors (Lipinski definition) is 2. The van der Waals surface area contributed by atoms with Crippen molar-refractivity contribution in [2.24, 2.45) is 11.8 Å². The lowest BCUT2D eigenvalue weighted by Gasteiger charge is -2.33. The zero-order valence-electron chi connectivity index (χ0n) is 30.7. The lowest BCUT2D eigenvalue weighted by Crippen LogP contribution is -2.56. The molecule has 3 amide bonds. The average Bonchev–Trinajstić information content (AvgIpc) is 3.55. The van der Waals surface area contributed by atoms with Crippen LogP contribution in [0, 0.1) is 11.8 Å². The first kappa shape index (κ1) is 40.8. The van der Waals surface area contributed by atoms with Crippen LogP contribution in [0.4, 0.5) is 4.79 Å². The van der Waals surface area contributed by atoms with Crippen LogP contribution in [0.1, 0.15) is 88.4 Å². The van der Waals surface area contributed by atoms with Gasteiger partial charge in [0.15, 0.2) is 5.78 Å². The van der Waals surface area contributed by atoms with Crippen molar-refractivity contribution in [3.63, 3.8) is 0 Å². The monoisotopic (exact) mass is 731 g/mol. The minimum atomic E-state index is -4.47. The number of carbonyl (C=O) groups excluding carboxylic acids is 5. The fourth-order valence-electron chi connectivity index (χ4n) is 5.44. The van der Waals surface area contributed by atoms with Crippen LogP contribution < -0.4 is 19.7 Å². The third-order valence-electron chi connectivity index (χ3n) is 7.80. The third kappa shape index (κ3) is 11.5. The second-order valence-electron chi connectivity index (χ2n) is 14.0. The Morgan fingerprint density at radius 2 is 1.39 bits per heavy atom. The third-order valence-corrected chi connectivity index (χ3v) is 9.84. The van der Waals surface area contributed by atoms with Gasteiger partial charge in [-0.1, -0.05) is 39.8 Å². The van der Waals surface area contributed by atoms with Crippen LogP contribution in [-0.4, -0.2) is 79.0 Å². The summed E-state index contributed by atoms with van der Waals surface area (Å²) < 4.78 is 42.2. The standard InChI is InChI=1S/C36H50N3O11P/c1-22(2)19-29(37-31(40)28-17-12-18-39(28)32(41)30(23(3)4)38-35(44)48-36(5,6)7)51(45,49-26-15-10-13-24(20-26)33(42)46-8)50-27-16-11-14-25(21-27)34(43)47-9/h10-11,13-16,20-23,28-30H,12,17-19H2,1-9H3,(H,37,40)(H,38,44)/t28-,29?,30-/m0/s1. The van der Waals surface area contributed by atoms with Gasteiger partial charge >= 0.3 is 25.6 Å². The number of methoxy groups -OCH3 is 2. The number of likely N-dealkylation sites (tertiary alicyclic amines) is 1. The second kappa shape index (κ2) is 17.6. The summed E-state index contributed by atoms with van der Waals surface area (Å²) in [5.74, 6) is -4.07. The summed E-state index contributed by atoms with van der Waals surface area (Å²) in [4.78, 5) is 66.6. The predicted octanol–water partition coefficient (Wildman–Crippen LogP) is 5.94. The molecular weight excluding hydrogens is 681 g/mol. The number of hydrogen-bond acceptors (Lipinski definition) is 11. The van der Waals surface area contributed by atoms with E-state index < -0.39 is 60.9 Å². The van der Waals surface area contributed by atoms with Gasteiger partial charge in [-0.05, 0) is 88.3 Å². The molecular formula is C36H50N3O11P. The van der Waals surface area contributed by atoms with Gasteiger partial charge < -0.3 is 38.8 Å². The number of alkyl carbamates (subject to hydrolysis) is 1. The Kier molecular flexibility index (Phi) is 14.1. The molecule has 1 saturated heterocycles. The lowest BCUT2D eigenvalue weighted by atomic mass is 10.0. The summed E-state index contributed by atoms with van der Waals surface area (Å²) in [6, 6.07) is 9.71. The summed E-state index contributed by atoms with van der Waals surface area (Å²) in [6.45, 7) is 12.7. The van der Waals surface area contributed by atoms with Gasteiger partial charge in [-0.2, -0.15) is 0 Å². The molecule has 2 aromatic carbocycles. The van der Waals surface area contributed by atoms with Crippen molar-refractivity contribution >= 4 is 37.4 Å². The van der Waals surface area contributed by atoms with E-state index in [4.69, 9.17) is 23.3 Å². The quantitative estimate of drug-likeness (QED) is 0.134. The van der Waals surface area contributed by atoms with Crippen molar-refractivity contribution in [3.8, 4) is 11.5 Å². The summed E-state index contributed by atoms with van der Waals surface area (Å²) >= 11 is 0. The van der Waals surface area contributed by atoms with Gasteiger partial charge in [-0.25, -0.2) is 18.9 Å².